The molecule has 5 heteroatoms. The van der Waals surface area contributed by atoms with E-state index >= 15 is 0 Å². The Morgan fingerprint density at radius 2 is 2.12 bits per heavy atom. The highest BCUT2D eigenvalue weighted by Crippen LogP contribution is 2.19. The molecule has 0 saturated heterocycles. The van der Waals surface area contributed by atoms with Crippen molar-refractivity contribution in [2.45, 2.75) is 25.2 Å². The van der Waals surface area contributed by atoms with E-state index in [1.165, 1.54) is 6.07 Å². The molecular weight excluding hydrogens is 258 g/mol. The van der Waals surface area contributed by atoms with Gasteiger partial charge in [-0.2, -0.15) is 0 Å². The van der Waals surface area contributed by atoms with Crippen molar-refractivity contribution in [1.82, 2.24) is 4.72 Å². The molecule has 0 aliphatic rings. The summed E-state index contributed by atoms with van der Waals surface area (Å²) in [6.07, 6.45) is 4.49. The lowest BCUT2D eigenvalue weighted by atomic mass is 10.2. The van der Waals surface area contributed by atoms with Gasteiger partial charge in [0.15, 0.2) is 0 Å². The van der Waals surface area contributed by atoms with Crippen molar-refractivity contribution in [3.8, 4) is 0 Å². The van der Waals surface area contributed by atoms with Gasteiger partial charge < -0.3 is 0 Å². The molecule has 0 atom stereocenters. The smallest absolute Gasteiger partial charge is 0.211 e. The highest BCUT2D eigenvalue weighted by atomic mass is 35.5. The third-order valence-corrected chi connectivity index (χ3v) is 4.12. The SMILES string of the molecule is C/C=C/CCNS(=O)(=O)c1ccc(Cl)cc1C. The normalized spacial score (nSPS) is 12.2. The van der Waals surface area contributed by atoms with Gasteiger partial charge in [0.25, 0.3) is 0 Å². The van der Waals surface area contributed by atoms with Crippen LogP contribution in [0.15, 0.2) is 35.2 Å². The molecule has 0 fully saturated rings. The van der Waals surface area contributed by atoms with Crippen molar-refractivity contribution in [3.63, 3.8) is 0 Å². The zero-order chi connectivity index (χ0) is 12.9. The molecule has 94 valence electrons. The monoisotopic (exact) mass is 273 g/mol. The minimum absolute atomic E-state index is 0.280. The average molecular weight is 274 g/mol. The van der Waals surface area contributed by atoms with Gasteiger partial charge in [0.1, 0.15) is 0 Å². The lowest BCUT2D eigenvalue weighted by Gasteiger charge is -2.08. The third-order valence-electron chi connectivity index (χ3n) is 2.27. The molecule has 3 nitrogen and oxygen atoms in total. The minimum Gasteiger partial charge on any atom is -0.211 e. The number of hydrogen-bond acceptors (Lipinski definition) is 2. The van der Waals surface area contributed by atoms with E-state index < -0.39 is 10.0 Å². The lowest BCUT2D eigenvalue weighted by molar-refractivity contribution is 0.581. The van der Waals surface area contributed by atoms with Gasteiger partial charge >= 0.3 is 0 Å². The topological polar surface area (TPSA) is 46.2 Å². The van der Waals surface area contributed by atoms with Crippen molar-refractivity contribution in [2.75, 3.05) is 6.54 Å². The molecule has 0 aromatic heterocycles. The number of benzene rings is 1. The summed E-state index contributed by atoms with van der Waals surface area (Å²) in [6, 6.07) is 4.74. The van der Waals surface area contributed by atoms with E-state index in [4.69, 9.17) is 11.6 Å². The van der Waals surface area contributed by atoms with Crippen LogP contribution in [0.4, 0.5) is 0 Å². The van der Waals surface area contributed by atoms with Crippen molar-refractivity contribution in [1.29, 1.82) is 0 Å². The number of nitrogens with one attached hydrogen (secondary N) is 1. The minimum atomic E-state index is -3.43. The molecule has 1 N–H and O–H groups in total. The Balaban J connectivity index is 2.82. The lowest BCUT2D eigenvalue weighted by Crippen LogP contribution is -2.25. The summed E-state index contributed by atoms with van der Waals surface area (Å²) in [5, 5.41) is 0.537. The second-order valence-electron chi connectivity index (χ2n) is 3.67. The summed E-state index contributed by atoms with van der Waals surface area (Å²) >= 11 is 5.79. The Morgan fingerprint density at radius 1 is 1.41 bits per heavy atom. The van der Waals surface area contributed by atoms with Crippen LogP contribution in [0.1, 0.15) is 18.9 Å². The molecule has 0 saturated carbocycles. The highest BCUT2D eigenvalue weighted by Gasteiger charge is 2.15. The zero-order valence-corrected chi connectivity index (χ0v) is 11.5. The maximum absolute atomic E-state index is 11.9. The molecule has 0 bridgehead atoms. The van der Waals surface area contributed by atoms with E-state index in [9.17, 15) is 8.42 Å². The van der Waals surface area contributed by atoms with E-state index in [1.807, 2.05) is 19.1 Å². The molecule has 1 aromatic rings. The molecule has 1 rings (SSSR count). The zero-order valence-electron chi connectivity index (χ0n) is 9.90. The van der Waals surface area contributed by atoms with Crippen LogP contribution in [0.3, 0.4) is 0 Å². The molecule has 0 radical (unpaired) electrons. The molecular formula is C12H16ClNO2S. The molecule has 0 spiro atoms. The van der Waals surface area contributed by atoms with Crippen LogP contribution < -0.4 is 4.72 Å². The van der Waals surface area contributed by atoms with Gasteiger partial charge in [-0.25, -0.2) is 13.1 Å². The van der Waals surface area contributed by atoms with Crippen molar-refractivity contribution >= 4 is 21.6 Å². The van der Waals surface area contributed by atoms with Crippen LogP contribution in [0.2, 0.25) is 5.02 Å². The van der Waals surface area contributed by atoms with Crippen molar-refractivity contribution in [3.05, 3.63) is 40.9 Å². The van der Waals surface area contributed by atoms with Crippen molar-refractivity contribution in [2.24, 2.45) is 0 Å². The Hall–Kier alpha value is -0.840. The second-order valence-corrected chi connectivity index (χ2v) is 5.84. The quantitative estimate of drug-likeness (QED) is 0.662. The average Bonchev–Trinajstić information content (AvgIpc) is 2.24. The van der Waals surface area contributed by atoms with Gasteiger partial charge in [0.05, 0.1) is 4.90 Å². The summed E-state index contributed by atoms with van der Waals surface area (Å²) < 4.78 is 26.4. The number of hydrogen-bond donors (Lipinski definition) is 1. The molecule has 0 amide bonds. The van der Waals surface area contributed by atoms with E-state index in [2.05, 4.69) is 4.72 Å². The van der Waals surface area contributed by atoms with Crippen molar-refractivity contribution < 1.29 is 8.42 Å². The Kier molecular flexibility index (Phi) is 5.18. The summed E-state index contributed by atoms with van der Waals surface area (Å²) in [7, 11) is -3.43. The Morgan fingerprint density at radius 3 is 2.71 bits per heavy atom. The van der Waals surface area contributed by atoms with Gasteiger partial charge in [-0.1, -0.05) is 23.8 Å². The number of rotatable bonds is 5. The summed E-state index contributed by atoms with van der Waals surface area (Å²) in [6.45, 7) is 4.03. The second kappa shape index (κ2) is 6.19. The molecule has 17 heavy (non-hydrogen) atoms. The van der Waals surface area contributed by atoms with Gasteiger partial charge in [-0.15, -0.1) is 0 Å². The van der Waals surface area contributed by atoms with Crippen LogP contribution in [-0.4, -0.2) is 15.0 Å². The van der Waals surface area contributed by atoms with Crippen LogP contribution in [0.25, 0.3) is 0 Å². The van der Waals surface area contributed by atoms with Crippen LogP contribution >= 0.6 is 11.6 Å². The summed E-state index contributed by atoms with van der Waals surface area (Å²) in [4.78, 5) is 0.280. The first-order valence-corrected chi connectivity index (χ1v) is 7.20. The van der Waals surface area contributed by atoms with E-state index in [0.29, 0.717) is 23.6 Å². The first-order valence-electron chi connectivity index (χ1n) is 5.34. The number of aryl methyl sites for hydroxylation is 1. The fourth-order valence-corrected chi connectivity index (χ4v) is 2.93. The standard InChI is InChI=1S/C12H16ClNO2S/c1-3-4-5-8-14-17(15,16)12-7-6-11(13)9-10(12)2/h3-4,6-7,9,14H,5,8H2,1-2H3/b4-3+. The predicted octanol–water partition coefficient (Wildman–Crippen LogP) is 2.89. The fourth-order valence-electron chi connectivity index (χ4n) is 1.44. The third kappa shape index (κ3) is 4.15. The van der Waals surface area contributed by atoms with Gasteiger partial charge in [0.2, 0.25) is 10.0 Å². The number of allylic oxidation sites excluding steroid dienone is 1. The molecule has 0 aliphatic heterocycles. The Bertz CT molecular complexity index is 509. The number of halogens is 1. The highest BCUT2D eigenvalue weighted by molar-refractivity contribution is 7.89. The Labute approximate surface area is 108 Å². The maximum atomic E-state index is 11.9. The van der Waals surface area contributed by atoms with Gasteiger partial charge in [0, 0.05) is 11.6 Å². The summed E-state index contributed by atoms with van der Waals surface area (Å²) in [5.41, 5.74) is 0.649. The molecule has 0 heterocycles. The van der Waals surface area contributed by atoms with Gasteiger partial charge in [-0.3, -0.25) is 0 Å². The van der Waals surface area contributed by atoms with Crippen LogP contribution in [0.5, 0.6) is 0 Å². The maximum Gasteiger partial charge on any atom is 0.240 e. The first-order chi connectivity index (χ1) is 7.97. The summed E-state index contributed by atoms with van der Waals surface area (Å²) in [5.74, 6) is 0. The number of sulfonamides is 1. The van der Waals surface area contributed by atoms with E-state index in [-0.39, 0.29) is 4.90 Å². The molecule has 1 aromatic carbocycles. The van der Waals surface area contributed by atoms with E-state index in [1.54, 1.807) is 19.1 Å². The van der Waals surface area contributed by atoms with E-state index in [0.717, 1.165) is 0 Å². The fraction of sp³-hybridized carbons (Fsp3) is 0.333. The first kappa shape index (κ1) is 14.2. The van der Waals surface area contributed by atoms with Crippen LogP contribution in [-0.2, 0) is 10.0 Å². The molecule has 0 unspecified atom stereocenters. The van der Waals surface area contributed by atoms with Gasteiger partial charge in [-0.05, 0) is 44.0 Å². The molecule has 0 aliphatic carbocycles. The largest absolute Gasteiger partial charge is 0.240 e. The predicted molar refractivity (Wildman–Crippen MR) is 70.8 cm³/mol. The van der Waals surface area contributed by atoms with Crippen LogP contribution in [0, 0.1) is 6.92 Å².